The second kappa shape index (κ2) is 6.74. The van der Waals surface area contributed by atoms with Crippen molar-refractivity contribution in [2.45, 2.75) is 33.2 Å². The summed E-state index contributed by atoms with van der Waals surface area (Å²) in [5, 5.41) is -0.106. The predicted molar refractivity (Wildman–Crippen MR) is 90.3 cm³/mol. The van der Waals surface area contributed by atoms with E-state index in [1.807, 2.05) is 0 Å². The van der Waals surface area contributed by atoms with Crippen LogP contribution in [0.1, 0.15) is 24.2 Å². The fraction of sp³-hybridized carbons (Fsp3) is 0.400. The summed E-state index contributed by atoms with van der Waals surface area (Å²) in [5.41, 5.74) is -0.722. The standard InChI is InChI=1S/C15H15ClFN3O4S/c1-8(2)24-13(21)9-5-12(11(17)6-10(9)16)20-14(22)18-3-4-23-7-19(18)15(20)25/h5-6,8H,3-4,7H2,1-2H3. The first-order valence-corrected chi connectivity index (χ1v) is 8.30. The van der Waals surface area contributed by atoms with Crippen LogP contribution in [-0.2, 0) is 22.7 Å². The molecule has 2 heterocycles. The van der Waals surface area contributed by atoms with Gasteiger partial charge in [0.25, 0.3) is 0 Å². The molecule has 0 spiro atoms. The van der Waals surface area contributed by atoms with Gasteiger partial charge in [-0.1, -0.05) is 11.6 Å². The number of halogens is 2. The molecule has 0 aliphatic carbocycles. The molecule has 10 heteroatoms. The Bertz CT molecular complexity index is 925. The van der Waals surface area contributed by atoms with Gasteiger partial charge in [0.1, 0.15) is 12.5 Å². The number of carbonyl (C=O) groups excluding carboxylic acids is 1. The number of benzene rings is 1. The van der Waals surface area contributed by atoms with Crippen LogP contribution in [0.5, 0.6) is 0 Å². The summed E-state index contributed by atoms with van der Waals surface area (Å²) in [6.45, 7) is 4.11. The second-order valence-corrected chi connectivity index (χ2v) is 6.47. The fourth-order valence-electron chi connectivity index (χ4n) is 2.51. The molecule has 0 N–H and O–H groups in total. The van der Waals surface area contributed by atoms with E-state index in [9.17, 15) is 14.0 Å². The molecule has 1 aromatic carbocycles. The highest BCUT2D eigenvalue weighted by atomic mass is 35.5. The molecule has 3 rings (SSSR count). The maximum atomic E-state index is 14.5. The van der Waals surface area contributed by atoms with Crippen LogP contribution >= 0.6 is 23.8 Å². The minimum Gasteiger partial charge on any atom is -0.459 e. The monoisotopic (exact) mass is 387 g/mol. The number of esters is 1. The van der Waals surface area contributed by atoms with E-state index >= 15 is 0 Å². The highest BCUT2D eigenvalue weighted by Gasteiger charge is 2.23. The lowest BCUT2D eigenvalue weighted by Gasteiger charge is -2.15. The van der Waals surface area contributed by atoms with Gasteiger partial charge < -0.3 is 9.47 Å². The van der Waals surface area contributed by atoms with Gasteiger partial charge in [-0.05, 0) is 38.2 Å². The van der Waals surface area contributed by atoms with Gasteiger partial charge in [-0.3, -0.25) is 0 Å². The maximum Gasteiger partial charge on any atom is 0.350 e. The summed E-state index contributed by atoms with van der Waals surface area (Å²) in [6, 6.07) is 2.14. The first kappa shape index (κ1) is 17.8. The summed E-state index contributed by atoms with van der Waals surface area (Å²) in [4.78, 5) is 24.8. The van der Waals surface area contributed by atoms with Crippen LogP contribution in [0.15, 0.2) is 16.9 Å². The third kappa shape index (κ3) is 3.14. The van der Waals surface area contributed by atoms with Crippen LogP contribution in [0.4, 0.5) is 4.39 Å². The van der Waals surface area contributed by atoms with E-state index in [-0.39, 0.29) is 33.9 Å². The summed E-state index contributed by atoms with van der Waals surface area (Å²) >= 11 is 11.2. The molecule has 134 valence electrons. The molecule has 0 fully saturated rings. The number of carbonyl (C=O) groups is 1. The maximum absolute atomic E-state index is 14.5. The molecule has 7 nitrogen and oxygen atoms in total. The highest BCUT2D eigenvalue weighted by molar-refractivity contribution is 7.71. The summed E-state index contributed by atoms with van der Waals surface area (Å²) < 4.78 is 28.7. The van der Waals surface area contributed by atoms with E-state index in [0.29, 0.717) is 13.2 Å². The average Bonchev–Trinajstić information content (AvgIpc) is 2.79. The highest BCUT2D eigenvalue weighted by Crippen LogP contribution is 2.24. The Kier molecular flexibility index (Phi) is 4.81. The van der Waals surface area contributed by atoms with Crippen molar-refractivity contribution in [1.29, 1.82) is 0 Å². The Labute approximate surface area is 152 Å². The Morgan fingerprint density at radius 1 is 1.40 bits per heavy atom. The molecular weight excluding hydrogens is 373 g/mol. The molecule has 0 saturated carbocycles. The van der Waals surface area contributed by atoms with Crippen molar-refractivity contribution in [3.05, 3.63) is 43.8 Å². The molecule has 0 unspecified atom stereocenters. The third-order valence-corrected chi connectivity index (χ3v) is 4.32. The Morgan fingerprint density at radius 2 is 2.12 bits per heavy atom. The van der Waals surface area contributed by atoms with E-state index in [4.69, 9.17) is 33.3 Å². The van der Waals surface area contributed by atoms with Crippen molar-refractivity contribution in [2.75, 3.05) is 6.61 Å². The van der Waals surface area contributed by atoms with E-state index in [2.05, 4.69) is 0 Å². The summed E-state index contributed by atoms with van der Waals surface area (Å²) in [7, 11) is 0. The molecule has 0 amide bonds. The molecular formula is C15H15ClFN3O4S. The van der Waals surface area contributed by atoms with Gasteiger partial charge in [-0.25, -0.2) is 27.9 Å². The van der Waals surface area contributed by atoms with Gasteiger partial charge in [0.15, 0.2) is 0 Å². The minimum absolute atomic E-state index is 0.0431. The average molecular weight is 388 g/mol. The molecule has 25 heavy (non-hydrogen) atoms. The zero-order valence-corrected chi connectivity index (χ0v) is 15.1. The van der Waals surface area contributed by atoms with Crippen LogP contribution in [0.2, 0.25) is 5.02 Å². The summed E-state index contributed by atoms with van der Waals surface area (Å²) in [5.74, 6) is -1.48. The van der Waals surface area contributed by atoms with Gasteiger partial charge in [-0.2, -0.15) is 0 Å². The summed E-state index contributed by atoms with van der Waals surface area (Å²) in [6.07, 6.45) is -0.371. The van der Waals surface area contributed by atoms with Crippen molar-refractivity contribution in [1.82, 2.24) is 13.9 Å². The van der Waals surface area contributed by atoms with E-state index in [0.717, 1.165) is 10.6 Å². The fourth-order valence-corrected chi connectivity index (χ4v) is 3.07. The molecule has 1 aliphatic rings. The lowest BCUT2D eigenvalue weighted by atomic mass is 10.2. The lowest BCUT2D eigenvalue weighted by molar-refractivity contribution is 0.0133. The number of aromatic nitrogens is 3. The third-order valence-electron chi connectivity index (χ3n) is 3.62. The number of hydrogen-bond acceptors (Lipinski definition) is 5. The van der Waals surface area contributed by atoms with Crippen molar-refractivity contribution in [3.8, 4) is 5.69 Å². The SMILES string of the molecule is CC(C)OC(=O)c1cc(-n2c(=O)n3n(c2=S)COCC3)c(F)cc1Cl. The number of fused-ring (bicyclic) bond motifs is 1. The van der Waals surface area contributed by atoms with E-state index < -0.39 is 17.5 Å². The number of rotatable bonds is 3. The quantitative estimate of drug-likeness (QED) is 0.598. The number of nitrogens with zero attached hydrogens (tertiary/aromatic N) is 3. The molecule has 0 bridgehead atoms. The first-order chi connectivity index (χ1) is 11.8. The van der Waals surface area contributed by atoms with E-state index in [1.165, 1.54) is 15.4 Å². The normalized spacial score (nSPS) is 13.8. The second-order valence-electron chi connectivity index (χ2n) is 5.70. The topological polar surface area (TPSA) is 67.4 Å². The van der Waals surface area contributed by atoms with Crippen molar-refractivity contribution < 1.29 is 18.7 Å². The van der Waals surface area contributed by atoms with E-state index in [1.54, 1.807) is 13.8 Å². The number of ether oxygens (including phenoxy) is 2. The molecule has 0 atom stereocenters. The molecule has 1 aromatic heterocycles. The van der Waals surface area contributed by atoms with Gasteiger partial charge in [0.2, 0.25) is 4.77 Å². The van der Waals surface area contributed by atoms with Crippen molar-refractivity contribution in [3.63, 3.8) is 0 Å². The zero-order valence-electron chi connectivity index (χ0n) is 13.5. The van der Waals surface area contributed by atoms with Crippen molar-refractivity contribution in [2.24, 2.45) is 0 Å². The van der Waals surface area contributed by atoms with Crippen LogP contribution in [0, 0.1) is 10.6 Å². The predicted octanol–water partition coefficient (Wildman–Crippen LogP) is 2.52. The molecule has 0 radical (unpaired) electrons. The van der Waals surface area contributed by atoms with Crippen LogP contribution in [0.3, 0.4) is 0 Å². The Hall–Kier alpha value is -1.97. The smallest absolute Gasteiger partial charge is 0.350 e. The van der Waals surface area contributed by atoms with Gasteiger partial charge in [0.05, 0.1) is 35.5 Å². The molecule has 0 saturated heterocycles. The first-order valence-electron chi connectivity index (χ1n) is 7.52. The van der Waals surface area contributed by atoms with Crippen molar-refractivity contribution >= 4 is 29.8 Å². The van der Waals surface area contributed by atoms with Gasteiger partial charge in [0, 0.05) is 0 Å². The molecule has 1 aliphatic heterocycles. The Morgan fingerprint density at radius 3 is 2.76 bits per heavy atom. The van der Waals surface area contributed by atoms with Crippen LogP contribution in [0.25, 0.3) is 5.69 Å². The van der Waals surface area contributed by atoms with Gasteiger partial charge in [-0.15, -0.1) is 0 Å². The van der Waals surface area contributed by atoms with Crippen LogP contribution in [-0.4, -0.2) is 32.6 Å². The Balaban J connectivity index is 2.19. The largest absolute Gasteiger partial charge is 0.459 e. The molecule has 2 aromatic rings. The van der Waals surface area contributed by atoms with Crippen LogP contribution < -0.4 is 5.69 Å². The van der Waals surface area contributed by atoms with Gasteiger partial charge >= 0.3 is 11.7 Å². The lowest BCUT2D eigenvalue weighted by Crippen LogP contribution is -2.32. The minimum atomic E-state index is -0.774. The number of hydrogen-bond donors (Lipinski definition) is 0. The zero-order chi connectivity index (χ0) is 18.3.